The van der Waals surface area contributed by atoms with Gasteiger partial charge in [0.25, 0.3) is 5.91 Å². The maximum atomic E-state index is 12.6. The summed E-state index contributed by atoms with van der Waals surface area (Å²) in [6, 6.07) is 4.27. The van der Waals surface area contributed by atoms with Gasteiger partial charge in [-0.05, 0) is 38.0 Å². The molecule has 24 heavy (non-hydrogen) atoms. The summed E-state index contributed by atoms with van der Waals surface area (Å²) >= 11 is 0. The van der Waals surface area contributed by atoms with Gasteiger partial charge in [-0.2, -0.15) is 0 Å². The summed E-state index contributed by atoms with van der Waals surface area (Å²) in [6.07, 6.45) is 0. The minimum atomic E-state index is -0.0417. The number of amides is 1. The largest absolute Gasteiger partial charge is 0.380 e. The van der Waals surface area contributed by atoms with Crippen LogP contribution in [0.4, 0.5) is 0 Å². The fourth-order valence-electron chi connectivity index (χ4n) is 3.23. The summed E-state index contributed by atoms with van der Waals surface area (Å²) < 4.78 is 5.52. The molecule has 1 atom stereocenters. The first-order valence-electron chi connectivity index (χ1n) is 8.22. The van der Waals surface area contributed by atoms with Crippen molar-refractivity contribution in [1.82, 2.24) is 15.6 Å². The van der Waals surface area contributed by atoms with Gasteiger partial charge in [0.1, 0.15) is 5.69 Å². The Morgan fingerprint density at radius 2 is 2.12 bits per heavy atom. The Kier molecular flexibility index (Phi) is 6.27. The maximum absolute atomic E-state index is 12.6. The van der Waals surface area contributed by atoms with Crippen molar-refractivity contribution in [3.63, 3.8) is 0 Å². The molecule has 132 valence electrons. The number of carbonyl (C=O) groups is 1. The van der Waals surface area contributed by atoms with Gasteiger partial charge in [0, 0.05) is 36.5 Å². The Balaban J connectivity index is 0.00000208. The first-order chi connectivity index (χ1) is 11.1. The number of ether oxygens (including phenoxy) is 1. The van der Waals surface area contributed by atoms with Gasteiger partial charge in [-0.3, -0.25) is 4.79 Å². The molecule has 2 aromatic rings. The second kappa shape index (κ2) is 8.01. The summed E-state index contributed by atoms with van der Waals surface area (Å²) in [4.78, 5) is 15.9. The molecule has 0 radical (unpaired) electrons. The van der Waals surface area contributed by atoms with Gasteiger partial charge in [-0.25, -0.2) is 0 Å². The lowest BCUT2D eigenvalue weighted by Crippen LogP contribution is -2.35. The molecule has 1 aromatic carbocycles. The van der Waals surface area contributed by atoms with Gasteiger partial charge in [-0.1, -0.05) is 11.6 Å². The summed E-state index contributed by atoms with van der Waals surface area (Å²) in [5.74, 6) is 0.273. The highest BCUT2D eigenvalue weighted by Crippen LogP contribution is 2.25. The molecule has 3 N–H and O–H groups in total. The molecule has 1 unspecified atom stereocenters. The Morgan fingerprint density at radius 3 is 2.92 bits per heavy atom. The van der Waals surface area contributed by atoms with Crippen LogP contribution in [-0.2, 0) is 4.74 Å². The number of hydrogen-bond donors (Lipinski definition) is 3. The third-order valence-corrected chi connectivity index (χ3v) is 4.50. The van der Waals surface area contributed by atoms with Crippen molar-refractivity contribution in [2.24, 2.45) is 5.92 Å². The Hall–Kier alpha value is -1.56. The molecule has 0 spiro atoms. The van der Waals surface area contributed by atoms with E-state index in [4.69, 9.17) is 4.74 Å². The molecular weight excluding hydrogens is 326 g/mol. The van der Waals surface area contributed by atoms with Crippen LogP contribution in [0.25, 0.3) is 10.9 Å². The summed E-state index contributed by atoms with van der Waals surface area (Å²) in [6.45, 7) is 9.97. The molecule has 1 fully saturated rings. The number of hydrogen-bond acceptors (Lipinski definition) is 3. The van der Waals surface area contributed by atoms with E-state index in [1.807, 2.05) is 6.92 Å². The first-order valence-corrected chi connectivity index (χ1v) is 8.22. The predicted octanol–water partition coefficient (Wildman–Crippen LogP) is 2.48. The van der Waals surface area contributed by atoms with Crippen molar-refractivity contribution in [3.8, 4) is 0 Å². The van der Waals surface area contributed by atoms with E-state index >= 15 is 0 Å². The van der Waals surface area contributed by atoms with Crippen molar-refractivity contribution >= 4 is 29.2 Å². The molecule has 6 heteroatoms. The number of carbonyl (C=O) groups excluding carboxylic acids is 1. The molecule has 0 aliphatic carbocycles. The zero-order valence-electron chi connectivity index (χ0n) is 14.5. The van der Waals surface area contributed by atoms with E-state index in [0.717, 1.165) is 36.2 Å². The quantitative estimate of drug-likeness (QED) is 0.796. The second-order valence-corrected chi connectivity index (χ2v) is 6.48. The summed E-state index contributed by atoms with van der Waals surface area (Å²) in [5.41, 5.74) is 5.11. The highest BCUT2D eigenvalue weighted by molar-refractivity contribution is 6.01. The topological polar surface area (TPSA) is 66.2 Å². The van der Waals surface area contributed by atoms with Crippen LogP contribution >= 0.6 is 12.4 Å². The van der Waals surface area contributed by atoms with E-state index in [9.17, 15) is 4.79 Å². The minimum absolute atomic E-state index is 0. The minimum Gasteiger partial charge on any atom is -0.380 e. The number of nitrogens with one attached hydrogen (secondary N) is 3. The van der Waals surface area contributed by atoms with Gasteiger partial charge in [-0.15, -0.1) is 12.4 Å². The number of aryl methyl sites for hydroxylation is 3. The number of fused-ring (bicyclic) bond motifs is 1. The average molecular weight is 352 g/mol. The number of rotatable bonds is 3. The van der Waals surface area contributed by atoms with E-state index < -0.39 is 0 Å². The van der Waals surface area contributed by atoms with Crippen molar-refractivity contribution in [1.29, 1.82) is 0 Å². The van der Waals surface area contributed by atoms with Gasteiger partial charge < -0.3 is 20.4 Å². The van der Waals surface area contributed by atoms with Gasteiger partial charge in [0.15, 0.2) is 0 Å². The molecule has 1 amide bonds. The van der Waals surface area contributed by atoms with E-state index in [1.165, 1.54) is 11.1 Å². The van der Waals surface area contributed by atoms with Crippen LogP contribution in [0.3, 0.4) is 0 Å². The molecular formula is C18H26ClN3O2. The van der Waals surface area contributed by atoms with Crippen LogP contribution in [0.1, 0.15) is 27.2 Å². The van der Waals surface area contributed by atoms with Gasteiger partial charge >= 0.3 is 0 Å². The standard InChI is InChI=1S/C18H25N3O2.ClH/c1-11-6-12(2)16-15(7-11)13(3)17(21-16)18(22)20-9-14-8-19-4-5-23-10-14;/h6-7,14,19,21H,4-5,8-10H2,1-3H3,(H,20,22);1H. The third-order valence-electron chi connectivity index (χ3n) is 4.50. The average Bonchev–Trinajstić information content (AvgIpc) is 2.71. The molecule has 1 aliphatic rings. The number of aromatic amines is 1. The number of halogens is 1. The van der Waals surface area contributed by atoms with Crippen LogP contribution in [0.5, 0.6) is 0 Å². The molecule has 3 rings (SSSR count). The smallest absolute Gasteiger partial charge is 0.268 e. The van der Waals surface area contributed by atoms with Crippen LogP contribution < -0.4 is 10.6 Å². The molecule has 1 aromatic heterocycles. The van der Waals surface area contributed by atoms with E-state index in [-0.39, 0.29) is 18.3 Å². The zero-order chi connectivity index (χ0) is 16.4. The lowest BCUT2D eigenvalue weighted by molar-refractivity contribution is 0.0917. The van der Waals surface area contributed by atoms with Gasteiger partial charge in [0.2, 0.25) is 0 Å². The van der Waals surface area contributed by atoms with Crippen molar-refractivity contribution in [2.45, 2.75) is 20.8 Å². The predicted molar refractivity (Wildman–Crippen MR) is 99.3 cm³/mol. The third kappa shape index (κ3) is 3.91. The zero-order valence-corrected chi connectivity index (χ0v) is 15.3. The SMILES string of the molecule is Cc1cc(C)c2[nH]c(C(=O)NCC3CNCCOC3)c(C)c2c1.Cl. The molecule has 1 saturated heterocycles. The van der Waals surface area contributed by atoms with Crippen molar-refractivity contribution < 1.29 is 9.53 Å². The second-order valence-electron chi connectivity index (χ2n) is 6.48. The maximum Gasteiger partial charge on any atom is 0.268 e. The lowest BCUT2D eigenvalue weighted by atomic mass is 10.1. The molecule has 1 aliphatic heterocycles. The number of H-pyrrole nitrogens is 1. The van der Waals surface area contributed by atoms with E-state index in [2.05, 4.69) is 41.6 Å². The Labute approximate surface area is 148 Å². The summed E-state index contributed by atoms with van der Waals surface area (Å²) in [7, 11) is 0. The van der Waals surface area contributed by atoms with Crippen molar-refractivity contribution in [3.05, 3.63) is 34.5 Å². The fourth-order valence-corrected chi connectivity index (χ4v) is 3.23. The van der Waals surface area contributed by atoms with E-state index in [0.29, 0.717) is 24.8 Å². The highest BCUT2D eigenvalue weighted by atomic mass is 35.5. The number of aromatic nitrogens is 1. The van der Waals surface area contributed by atoms with Gasteiger partial charge in [0.05, 0.1) is 13.2 Å². The van der Waals surface area contributed by atoms with Crippen LogP contribution in [0, 0.1) is 26.7 Å². The lowest BCUT2D eigenvalue weighted by Gasteiger charge is -2.14. The van der Waals surface area contributed by atoms with Crippen LogP contribution in [-0.4, -0.2) is 43.7 Å². The monoisotopic (exact) mass is 351 g/mol. The number of benzene rings is 1. The first kappa shape index (κ1) is 18.8. The van der Waals surface area contributed by atoms with Crippen LogP contribution in [0.2, 0.25) is 0 Å². The Bertz CT molecular complexity index is 719. The summed E-state index contributed by atoms with van der Waals surface area (Å²) in [5, 5.41) is 7.50. The fraction of sp³-hybridized carbons (Fsp3) is 0.500. The Morgan fingerprint density at radius 1 is 1.33 bits per heavy atom. The highest BCUT2D eigenvalue weighted by Gasteiger charge is 2.18. The van der Waals surface area contributed by atoms with E-state index in [1.54, 1.807) is 0 Å². The van der Waals surface area contributed by atoms with Crippen LogP contribution in [0.15, 0.2) is 12.1 Å². The van der Waals surface area contributed by atoms with Crippen molar-refractivity contribution in [2.75, 3.05) is 32.8 Å². The molecule has 5 nitrogen and oxygen atoms in total. The normalized spacial score (nSPS) is 18.0. The molecule has 0 bridgehead atoms. The molecule has 0 saturated carbocycles. The molecule has 2 heterocycles.